The lowest BCUT2D eigenvalue weighted by Crippen LogP contribution is -2.08. The molecule has 15 heavy (non-hydrogen) atoms. The van der Waals surface area contributed by atoms with Gasteiger partial charge in [-0.15, -0.1) is 0 Å². The van der Waals surface area contributed by atoms with Gasteiger partial charge in [-0.3, -0.25) is 0 Å². The van der Waals surface area contributed by atoms with Crippen LogP contribution >= 0.6 is 15.9 Å². The molecule has 0 saturated heterocycles. The van der Waals surface area contributed by atoms with Gasteiger partial charge in [0, 0.05) is 10.9 Å². The van der Waals surface area contributed by atoms with Crippen molar-refractivity contribution in [1.29, 1.82) is 5.26 Å². The van der Waals surface area contributed by atoms with Crippen LogP contribution < -0.4 is 4.74 Å². The van der Waals surface area contributed by atoms with Crippen LogP contribution in [0.5, 0.6) is 5.75 Å². The third-order valence-corrected chi connectivity index (χ3v) is 2.35. The summed E-state index contributed by atoms with van der Waals surface area (Å²) in [6.07, 6.45) is 0.173. The number of nitriles is 1. The third-order valence-electron chi connectivity index (χ3n) is 1.86. The van der Waals surface area contributed by atoms with Crippen molar-refractivity contribution in [2.75, 3.05) is 6.61 Å². The van der Waals surface area contributed by atoms with E-state index in [9.17, 15) is 0 Å². The molecule has 0 aromatic heterocycles. The van der Waals surface area contributed by atoms with Gasteiger partial charge in [0.15, 0.2) is 0 Å². The summed E-state index contributed by atoms with van der Waals surface area (Å²) >= 11 is 3.28. The minimum Gasteiger partial charge on any atom is -0.492 e. The van der Waals surface area contributed by atoms with Crippen molar-refractivity contribution in [2.45, 2.75) is 19.4 Å². The molecule has 0 bridgehead atoms. The molecule has 0 saturated carbocycles. The molecule has 0 amide bonds. The maximum atomic E-state index is 9.05. The molecule has 1 N–H and O–H groups in total. The summed E-state index contributed by atoms with van der Waals surface area (Å²) in [7, 11) is 0. The molecule has 0 heterocycles. The van der Waals surface area contributed by atoms with Gasteiger partial charge in [0.05, 0.1) is 18.3 Å². The minimum absolute atomic E-state index is 0.383. The molecule has 0 aliphatic carbocycles. The van der Waals surface area contributed by atoms with Gasteiger partial charge in [-0.2, -0.15) is 5.26 Å². The number of benzene rings is 1. The van der Waals surface area contributed by atoms with Crippen molar-refractivity contribution in [1.82, 2.24) is 0 Å². The zero-order valence-electron chi connectivity index (χ0n) is 8.40. The summed E-state index contributed by atoms with van der Waals surface area (Å²) < 4.78 is 6.24. The summed E-state index contributed by atoms with van der Waals surface area (Å²) in [4.78, 5) is 0. The molecule has 1 unspecified atom stereocenters. The van der Waals surface area contributed by atoms with Crippen LogP contribution in [0.3, 0.4) is 0 Å². The molecule has 1 rings (SSSR count). The van der Waals surface area contributed by atoms with E-state index < -0.39 is 0 Å². The Morgan fingerprint density at radius 3 is 2.93 bits per heavy atom. The van der Waals surface area contributed by atoms with Crippen molar-refractivity contribution in [3.8, 4) is 11.8 Å². The van der Waals surface area contributed by atoms with Crippen molar-refractivity contribution in [2.24, 2.45) is 0 Å². The summed E-state index contributed by atoms with van der Waals surface area (Å²) in [5.41, 5.74) is 0.495. The van der Waals surface area contributed by atoms with E-state index in [-0.39, 0.29) is 6.10 Å². The Labute approximate surface area is 97.4 Å². The van der Waals surface area contributed by atoms with Crippen LogP contribution in [-0.2, 0) is 0 Å². The highest BCUT2D eigenvalue weighted by atomic mass is 79.9. The molecule has 0 aliphatic rings. The predicted octanol–water partition coefficient (Wildman–Crippen LogP) is 2.47. The van der Waals surface area contributed by atoms with Gasteiger partial charge < -0.3 is 9.84 Å². The first-order valence-electron chi connectivity index (χ1n) is 4.64. The van der Waals surface area contributed by atoms with Crippen molar-refractivity contribution in [3.05, 3.63) is 28.2 Å². The number of rotatable bonds is 4. The van der Waals surface area contributed by atoms with E-state index in [1.54, 1.807) is 19.1 Å². The SMILES string of the molecule is CC(O)CCOc1ccc(Br)cc1C#N. The molecule has 1 atom stereocenters. The van der Waals surface area contributed by atoms with Gasteiger partial charge >= 0.3 is 0 Å². The van der Waals surface area contributed by atoms with Gasteiger partial charge in [0.2, 0.25) is 0 Å². The topological polar surface area (TPSA) is 53.2 Å². The Kier molecular flexibility index (Phi) is 4.60. The Hall–Kier alpha value is -1.05. The monoisotopic (exact) mass is 269 g/mol. The van der Waals surface area contributed by atoms with E-state index in [0.29, 0.717) is 24.3 Å². The fourth-order valence-electron chi connectivity index (χ4n) is 1.05. The van der Waals surface area contributed by atoms with Gasteiger partial charge in [-0.25, -0.2) is 0 Å². The molecule has 80 valence electrons. The molecule has 0 spiro atoms. The van der Waals surface area contributed by atoms with E-state index in [1.807, 2.05) is 6.07 Å². The number of aliphatic hydroxyl groups is 1. The van der Waals surface area contributed by atoms with Crippen molar-refractivity contribution < 1.29 is 9.84 Å². The van der Waals surface area contributed by atoms with Crippen LogP contribution in [-0.4, -0.2) is 17.8 Å². The van der Waals surface area contributed by atoms with Crippen LogP contribution in [0.4, 0.5) is 0 Å². The number of aliphatic hydroxyl groups excluding tert-OH is 1. The molecule has 4 heteroatoms. The second-order valence-corrected chi connectivity index (χ2v) is 4.15. The first kappa shape index (κ1) is 12.0. The van der Waals surface area contributed by atoms with Crippen LogP contribution in [0.15, 0.2) is 22.7 Å². The van der Waals surface area contributed by atoms with Crippen molar-refractivity contribution in [3.63, 3.8) is 0 Å². The smallest absolute Gasteiger partial charge is 0.137 e. The highest BCUT2D eigenvalue weighted by molar-refractivity contribution is 9.10. The van der Waals surface area contributed by atoms with Crippen LogP contribution in [0.2, 0.25) is 0 Å². The number of ether oxygens (including phenoxy) is 1. The highest BCUT2D eigenvalue weighted by Gasteiger charge is 2.04. The number of nitrogens with zero attached hydrogens (tertiary/aromatic N) is 1. The Morgan fingerprint density at radius 2 is 2.33 bits per heavy atom. The van der Waals surface area contributed by atoms with Crippen LogP contribution in [0.1, 0.15) is 18.9 Å². The minimum atomic E-state index is -0.383. The van der Waals surface area contributed by atoms with Gasteiger partial charge in [0.25, 0.3) is 0 Å². The zero-order chi connectivity index (χ0) is 11.3. The highest BCUT2D eigenvalue weighted by Crippen LogP contribution is 2.22. The van der Waals surface area contributed by atoms with Gasteiger partial charge in [-0.1, -0.05) is 15.9 Å². The lowest BCUT2D eigenvalue weighted by molar-refractivity contribution is 0.155. The predicted molar refractivity (Wildman–Crippen MR) is 60.6 cm³/mol. The van der Waals surface area contributed by atoms with Crippen LogP contribution in [0, 0.1) is 11.3 Å². The summed E-state index contributed by atoms with van der Waals surface area (Å²) in [6.45, 7) is 2.12. The Balaban J connectivity index is 2.65. The van der Waals surface area contributed by atoms with E-state index in [1.165, 1.54) is 0 Å². The molecule has 0 fully saturated rings. The summed E-state index contributed by atoms with van der Waals surface area (Å²) in [5, 5.41) is 17.9. The number of halogens is 1. The second-order valence-electron chi connectivity index (χ2n) is 3.24. The standard InChI is InChI=1S/C11H12BrNO2/c1-8(14)4-5-15-11-3-2-10(12)6-9(11)7-13/h2-3,6,8,14H,4-5H2,1H3. The molecular weight excluding hydrogens is 258 g/mol. The molecular formula is C11H12BrNO2. The largest absolute Gasteiger partial charge is 0.492 e. The fraction of sp³-hybridized carbons (Fsp3) is 0.364. The summed E-state index contributed by atoms with van der Waals surface area (Å²) in [6, 6.07) is 7.32. The van der Waals surface area contributed by atoms with Crippen molar-refractivity contribution >= 4 is 15.9 Å². The first-order valence-corrected chi connectivity index (χ1v) is 5.43. The molecule has 1 aromatic rings. The quantitative estimate of drug-likeness (QED) is 0.914. The summed E-state index contributed by atoms with van der Waals surface area (Å²) in [5.74, 6) is 0.557. The molecule has 0 radical (unpaired) electrons. The Morgan fingerprint density at radius 1 is 1.60 bits per heavy atom. The number of hydrogen-bond donors (Lipinski definition) is 1. The van der Waals surface area contributed by atoms with E-state index in [4.69, 9.17) is 15.1 Å². The van der Waals surface area contributed by atoms with Gasteiger partial charge in [-0.05, 0) is 25.1 Å². The zero-order valence-corrected chi connectivity index (χ0v) is 9.99. The normalized spacial score (nSPS) is 11.9. The molecule has 3 nitrogen and oxygen atoms in total. The third kappa shape index (κ3) is 3.90. The lowest BCUT2D eigenvalue weighted by Gasteiger charge is -2.09. The number of hydrogen-bond acceptors (Lipinski definition) is 3. The van der Waals surface area contributed by atoms with Gasteiger partial charge in [0.1, 0.15) is 11.8 Å². The molecule has 1 aromatic carbocycles. The molecule has 0 aliphatic heterocycles. The maximum absolute atomic E-state index is 9.05. The van der Waals surface area contributed by atoms with Crippen LogP contribution in [0.25, 0.3) is 0 Å². The van der Waals surface area contributed by atoms with E-state index in [2.05, 4.69) is 22.0 Å². The first-order chi connectivity index (χ1) is 7.13. The van der Waals surface area contributed by atoms with E-state index >= 15 is 0 Å². The average molecular weight is 270 g/mol. The Bertz CT molecular complexity index is 371. The average Bonchev–Trinajstić information content (AvgIpc) is 2.19. The maximum Gasteiger partial charge on any atom is 0.137 e. The van der Waals surface area contributed by atoms with E-state index in [0.717, 1.165) is 4.47 Å². The fourth-order valence-corrected chi connectivity index (χ4v) is 1.42. The lowest BCUT2D eigenvalue weighted by atomic mass is 10.2. The second kappa shape index (κ2) is 5.74.